The number of carbonyl (C=O) groups is 2. The third-order valence-corrected chi connectivity index (χ3v) is 2.54. The van der Waals surface area contributed by atoms with Gasteiger partial charge in [-0.2, -0.15) is 5.10 Å². The van der Waals surface area contributed by atoms with E-state index in [1.807, 2.05) is 0 Å². The van der Waals surface area contributed by atoms with Crippen LogP contribution in [-0.4, -0.2) is 38.3 Å². The van der Waals surface area contributed by atoms with Gasteiger partial charge in [0.25, 0.3) is 5.95 Å². The Hall–Kier alpha value is -2.25. The molecule has 0 saturated heterocycles. The van der Waals surface area contributed by atoms with Crippen molar-refractivity contribution >= 4 is 17.9 Å². The number of carboxylic acid groups (broad SMARTS) is 1. The summed E-state index contributed by atoms with van der Waals surface area (Å²) in [5.41, 5.74) is 1.31. The van der Waals surface area contributed by atoms with Gasteiger partial charge in [-0.15, -0.1) is 5.10 Å². The minimum Gasteiger partial charge on any atom is -0.480 e. The molecule has 0 radical (unpaired) electrons. The minimum absolute atomic E-state index is 0.0356. The van der Waals surface area contributed by atoms with E-state index in [0.717, 1.165) is 0 Å². The molecule has 104 valence electrons. The smallest absolute Gasteiger partial charge is 0.326 e. The Morgan fingerprint density at radius 2 is 1.79 bits per heavy atom. The zero-order valence-corrected chi connectivity index (χ0v) is 11.3. The van der Waals surface area contributed by atoms with E-state index in [1.165, 1.54) is 0 Å². The van der Waals surface area contributed by atoms with E-state index >= 15 is 0 Å². The number of amides is 2. The second-order valence-corrected chi connectivity index (χ2v) is 4.46. The van der Waals surface area contributed by atoms with E-state index in [0.29, 0.717) is 11.4 Å². The van der Waals surface area contributed by atoms with Gasteiger partial charge < -0.3 is 10.4 Å². The number of hydrogen-bond acceptors (Lipinski definition) is 5. The maximum atomic E-state index is 11.6. The van der Waals surface area contributed by atoms with Gasteiger partial charge in [0.2, 0.25) is 0 Å². The van der Waals surface area contributed by atoms with Gasteiger partial charge in [0.05, 0.1) is 11.4 Å². The molecule has 8 heteroatoms. The number of carboxylic acids is 1. The Kier molecular flexibility index (Phi) is 4.74. The molecule has 3 N–H and O–H groups in total. The van der Waals surface area contributed by atoms with Crippen molar-refractivity contribution in [2.24, 2.45) is 5.92 Å². The van der Waals surface area contributed by atoms with Gasteiger partial charge in [-0.05, 0) is 19.8 Å². The molecular formula is C11H17N5O3. The van der Waals surface area contributed by atoms with Crippen LogP contribution in [0.5, 0.6) is 0 Å². The van der Waals surface area contributed by atoms with Crippen LogP contribution >= 0.6 is 0 Å². The van der Waals surface area contributed by atoms with Gasteiger partial charge in [0, 0.05) is 0 Å². The molecular weight excluding hydrogens is 250 g/mol. The van der Waals surface area contributed by atoms with Crippen molar-refractivity contribution in [3.63, 3.8) is 0 Å². The molecule has 1 rings (SSSR count). The molecule has 19 heavy (non-hydrogen) atoms. The highest BCUT2D eigenvalue weighted by Gasteiger charge is 2.23. The van der Waals surface area contributed by atoms with Crippen LogP contribution in [-0.2, 0) is 4.79 Å². The summed E-state index contributed by atoms with van der Waals surface area (Å²) in [6, 6.07) is -1.65. The van der Waals surface area contributed by atoms with Gasteiger partial charge in [-0.1, -0.05) is 13.8 Å². The standard InChI is InChI=1S/C11H17N5O3/c1-5(2)8(9(17)18)13-11(19)14-10-12-6(3)7(4)15-16-10/h5,8H,1-4H3,(H,17,18)(H2,12,13,14,16,19)/t8-/m0/s1. The predicted molar refractivity (Wildman–Crippen MR) is 67.7 cm³/mol. The zero-order valence-electron chi connectivity index (χ0n) is 11.3. The number of hydrogen-bond donors (Lipinski definition) is 3. The van der Waals surface area contributed by atoms with Crippen molar-refractivity contribution in [3.05, 3.63) is 11.4 Å². The second-order valence-electron chi connectivity index (χ2n) is 4.46. The van der Waals surface area contributed by atoms with Gasteiger partial charge >= 0.3 is 12.0 Å². The normalized spacial score (nSPS) is 12.1. The van der Waals surface area contributed by atoms with E-state index < -0.39 is 18.0 Å². The number of aliphatic carboxylic acids is 1. The molecule has 0 saturated carbocycles. The number of nitrogens with zero attached hydrogens (tertiary/aromatic N) is 3. The topological polar surface area (TPSA) is 117 Å². The Morgan fingerprint density at radius 3 is 2.26 bits per heavy atom. The van der Waals surface area contributed by atoms with Crippen LogP contribution < -0.4 is 10.6 Å². The number of nitrogens with one attached hydrogen (secondary N) is 2. The molecule has 1 heterocycles. The number of rotatable bonds is 4. The third-order valence-electron chi connectivity index (χ3n) is 2.54. The number of anilines is 1. The highest BCUT2D eigenvalue weighted by atomic mass is 16.4. The average Bonchev–Trinajstić information content (AvgIpc) is 2.30. The molecule has 0 fully saturated rings. The maximum Gasteiger partial charge on any atom is 0.326 e. The minimum atomic E-state index is -1.09. The van der Waals surface area contributed by atoms with E-state index in [4.69, 9.17) is 5.11 Å². The number of urea groups is 1. The highest BCUT2D eigenvalue weighted by Crippen LogP contribution is 2.04. The predicted octanol–water partition coefficient (Wildman–Crippen LogP) is 0.719. The first-order valence-corrected chi connectivity index (χ1v) is 5.79. The SMILES string of the molecule is Cc1nnc(NC(=O)N[C@H](C(=O)O)C(C)C)nc1C. The molecule has 0 unspecified atom stereocenters. The summed E-state index contributed by atoms with van der Waals surface area (Å²) in [5.74, 6) is -1.29. The second kappa shape index (κ2) is 6.07. The van der Waals surface area contributed by atoms with E-state index in [2.05, 4.69) is 25.8 Å². The molecule has 0 aromatic carbocycles. The lowest BCUT2D eigenvalue weighted by atomic mass is 10.1. The quantitative estimate of drug-likeness (QED) is 0.740. The number of aromatic nitrogens is 3. The molecule has 1 aromatic rings. The summed E-state index contributed by atoms with van der Waals surface area (Å²) in [7, 11) is 0. The van der Waals surface area contributed by atoms with Crippen LogP contribution in [0.4, 0.5) is 10.7 Å². The Balaban J connectivity index is 2.69. The Bertz CT molecular complexity index is 489. The first kappa shape index (κ1) is 14.8. The van der Waals surface area contributed by atoms with Crippen LogP contribution in [0.2, 0.25) is 0 Å². The van der Waals surface area contributed by atoms with Gasteiger partial charge in [0.15, 0.2) is 0 Å². The molecule has 0 spiro atoms. The highest BCUT2D eigenvalue weighted by molar-refractivity contribution is 5.90. The van der Waals surface area contributed by atoms with Crippen LogP contribution in [0.3, 0.4) is 0 Å². The fourth-order valence-electron chi connectivity index (χ4n) is 1.30. The molecule has 1 atom stereocenters. The Morgan fingerprint density at radius 1 is 1.16 bits per heavy atom. The Labute approximate surface area is 110 Å². The summed E-state index contributed by atoms with van der Waals surface area (Å²) in [6.45, 7) is 6.89. The largest absolute Gasteiger partial charge is 0.480 e. The first-order chi connectivity index (χ1) is 8.81. The van der Waals surface area contributed by atoms with E-state index in [-0.39, 0.29) is 11.9 Å². The fourth-order valence-corrected chi connectivity index (χ4v) is 1.30. The molecule has 0 aliphatic rings. The summed E-state index contributed by atoms with van der Waals surface area (Å²) >= 11 is 0. The third kappa shape index (κ3) is 4.16. The average molecular weight is 267 g/mol. The molecule has 8 nitrogen and oxygen atoms in total. The molecule has 1 aromatic heterocycles. The lowest BCUT2D eigenvalue weighted by molar-refractivity contribution is -0.140. The van der Waals surface area contributed by atoms with Crippen molar-refractivity contribution < 1.29 is 14.7 Å². The summed E-state index contributed by atoms with van der Waals surface area (Å²) in [6.07, 6.45) is 0. The molecule has 0 aliphatic carbocycles. The number of aryl methyl sites for hydroxylation is 2. The van der Waals surface area contributed by atoms with Crippen LogP contribution in [0.1, 0.15) is 25.2 Å². The summed E-state index contributed by atoms with van der Waals surface area (Å²) in [4.78, 5) is 26.6. The fraction of sp³-hybridized carbons (Fsp3) is 0.545. The molecule has 0 aliphatic heterocycles. The van der Waals surface area contributed by atoms with Gasteiger partial charge in [-0.3, -0.25) is 5.32 Å². The van der Waals surface area contributed by atoms with Gasteiger partial charge in [-0.25, -0.2) is 14.6 Å². The van der Waals surface area contributed by atoms with Crippen LogP contribution in [0, 0.1) is 19.8 Å². The van der Waals surface area contributed by atoms with E-state index in [9.17, 15) is 9.59 Å². The van der Waals surface area contributed by atoms with Crippen molar-refractivity contribution in [1.82, 2.24) is 20.5 Å². The zero-order chi connectivity index (χ0) is 14.6. The monoisotopic (exact) mass is 267 g/mol. The van der Waals surface area contributed by atoms with Crippen LogP contribution in [0.15, 0.2) is 0 Å². The maximum absolute atomic E-state index is 11.6. The first-order valence-electron chi connectivity index (χ1n) is 5.79. The molecule has 0 bridgehead atoms. The van der Waals surface area contributed by atoms with Crippen molar-refractivity contribution in [3.8, 4) is 0 Å². The van der Waals surface area contributed by atoms with Crippen molar-refractivity contribution in [2.75, 3.05) is 5.32 Å². The van der Waals surface area contributed by atoms with Crippen molar-refractivity contribution in [2.45, 2.75) is 33.7 Å². The summed E-state index contributed by atoms with van der Waals surface area (Å²) in [5, 5.41) is 21.2. The lowest BCUT2D eigenvalue weighted by Gasteiger charge is -2.17. The van der Waals surface area contributed by atoms with Crippen molar-refractivity contribution in [1.29, 1.82) is 0 Å². The lowest BCUT2D eigenvalue weighted by Crippen LogP contribution is -2.46. The summed E-state index contributed by atoms with van der Waals surface area (Å²) < 4.78 is 0. The van der Waals surface area contributed by atoms with Crippen LogP contribution in [0.25, 0.3) is 0 Å². The van der Waals surface area contributed by atoms with E-state index in [1.54, 1.807) is 27.7 Å². The molecule has 2 amide bonds. The van der Waals surface area contributed by atoms with Gasteiger partial charge in [0.1, 0.15) is 6.04 Å². The number of carbonyl (C=O) groups excluding carboxylic acids is 1.